The third-order valence-corrected chi connectivity index (χ3v) is 3.95. The van der Waals surface area contributed by atoms with Gasteiger partial charge in [0.05, 0.1) is 18.7 Å². The number of imidazole rings is 1. The summed E-state index contributed by atoms with van der Waals surface area (Å²) in [6.07, 6.45) is 4.36. The van der Waals surface area contributed by atoms with Crippen LogP contribution in [0.3, 0.4) is 0 Å². The second kappa shape index (κ2) is 8.15. The second-order valence-electron chi connectivity index (χ2n) is 5.72. The number of ether oxygens (including phenoxy) is 1. The summed E-state index contributed by atoms with van der Waals surface area (Å²) in [6, 6.07) is 17.4. The maximum atomic E-state index is 12.5. The lowest BCUT2D eigenvalue weighted by Gasteiger charge is -2.12. The van der Waals surface area contributed by atoms with E-state index in [2.05, 4.69) is 22.4 Å². The Labute approximate surface area is 147 Å². The van der Waals surface area contributed by atoms with Crippen LogP contribution in [0.2, 0.25) is 0 Å². The molecule has 2 aromatic carbocycles. The number of carbonyl (C=O) groups excluding carboxylic acids is 1. The Bertz CT molecular complexity index is 828. The number of benzene rings is 2. The number of hydrogen-bond donors (Lipinski definition) is 1. The molecular weight excluding hydrogens is 314 g/mol. The molecule has 0 atom stereocenters. The highest BCUT2D eigenvalue weighted by Gasteiger charge is 2.12. The van der Waals surface area contributed by atoms with E-state index in [1.807, 2.05) is 54.2 Å². The molecule has 0 aliphatic rings. The molecule has 1 heterocycles. The molecule has 0 bridgehead atoms. The summed E-state index contributed by atoms with van der Waals surface area (Å²) in [5.41, 5.74) is 1.74. The molecule has 0 unspecified atom stereocenters. The first kappa shape index (κ1) is 16.8. The summed E-state index contributed by atoms with van der Waals surface area (Å²) >= 11 is 0. The second-order valence-corrected chi connectivity index (χ2v) is 5.72. The summed E-state index contributed by atoms with van der Waals surface area (Å²) in [4.78, 5) is 16.7. The van der Waals surface area contributed by atoms with Crippen molar-refractivity contribution in [3.05, 3.63) is 83.9 Å². The van der Waals surface area contributed by atoms with Crippen LogP contribution in [-0.2, 0) is 20.0 Å². The predicted molar refractivity (Wildman–Crippen MR) is 96.5 cm³/mol. The van der Waals surface area contributed by atoms with E-state index in [4.69, 9.17) is 4.74 Å². The lowest BCUT2D eigenvalue weighted by molar-refractivity contribution is 0.0945. The number of nitrogens with zero attached hydrogens (tertiary/aromatic N) is 2. The molecule has 0 aliphatic carbocycles. The van der Waals surface area contributed by atoms with Gasteiger partial charge in [0, 0.05) is 25.9 Å². The number of aromatic nitrogens is 2. The Morgan fingerprint density at radius 2 is 1.88 bits per heavy atom. The van der Waals surface area contributed by atoms with Gasteiger partial charge in [-0.2, -0.15) is 0 Å². The first-order chi connectivity index (χ1) is 12.2. The van der Waals surface area contributed by atoms with Gasteiger partial charge >= 0.3 is 0 Å². The quantitative estimate of drug-likeness (QED) is 0.722. The molecule has 1 aromatic heterocycles. The SMILES string of the molecule is Cn1ccnc1CNC(=O)c1ccccc1OCCc1ccccc1. The van der Waals surface area contributed by atoms with Crippen LogP contribution in [-0.4, -0.2) is 22.1 Å². The summed E-state index contributed by atoms with van der Waals surface area (Å²) in [5, 5.41) is 2.89. The highest BCUT2D eigenvalue weighted by Crippen LogP contribution is 2.18. The molecule has 5 nitrogen and oxygen atoms in total. The third kappa shape index (κ3) is 4.47. The van der Waals surface area contributed by atoms with Crippen LogP contribution in [0.25, 0.3) is 0 Å². The zero-order valence-electron chi connectivity index (χ0n) is 14.2. The molecule has 1 N–H and O–H groups in total. The van der Waals surface area contributed by atoms with E-state index in [1.165, 1.54) is 5.56 Å². The zero-order chi connectivity index (χ0) is 17.5. The summed E-state index contributed by atoms with van der Waals surface area (Å²) in [7, 11) is 1.90. The number of nitrogens with one attached hydrogen (secondary N) is 1. The smallest absolute Gasteiger partial charge is 0.255 e. The number of para-hydroxylation sites is 1. The number of rotatable bonds is 7. The molecule has 3 aromatic rings. The van der Waals surface area contributed by atoms with Gasteiger partial charge in [0.25, 0.3) is 5.91 Å². The normalized spacial score (nSPS) is 10.4. The van der Waals surface area contributed by atoms with Gasteiger partial charge in [-0.3, -0.25) is 4.79 Å². The molecule has 5 heteroatoms. The molecule has 0 aliphatic heterocycles. The van der Waals surface area contributed by atoms with E-state index in [9.17, 15) is 4.79 Å². The molecule has 0 radical (unpaired) electrons. The van der Waals surface area contributed by atoms with Gasteiger partial charge in [0.1, 0.15) is 11.6 Å². The molecule has 3 rings (SSSR count). The fraction of sp³-hybridized carbons (Fsp3) is 0.200. The van der Waals surface area contributed by atoms with E-state index in [0.29, 0.717) is 24.5 Å². The highest BCUT2D eigenvalue weighted by atomic mass is 16.5. The fourth-order valence-electron chi connectivity index (χ4n) is 2.52. The Hall–Kier alpha value is -3.08. The zero-order valence-corrected chi connectivity index (χ0v) is 14.2. The molecule has 0 spiro atoms. The first-order valence-corrected chi connectivity index (χ1v) is 8.24. The van der Waals surface area contributed by atoms with Gasteiger partial charge in [0.2, 0.25) is 0 Å². The Morgan fingerprint density at radius 1 is 1.12 bits per heavy atom. The van der Waals surface area contributed by atoms with Gasteiger partial charge in [0.15, 0.2) is 0 Å². The minimum absolute atomic E-state index is 0.168. The average molecular weight is 335 g/mol. The van der Waals surface area contributed by atoms with E-state index >= 15 is 0 Å². The van der Waals surface area contributed by atoms with Crippen molar-refractivity contribution in [1.29, 1.82) is 0 Å². The molecule has 0 saturated heterocycles. The van der Waals surface area contributed by atoms with Crippen LogP contribution in [0, 0.1) is 0 Å². The first-order valence-electron chi connectivity index (χ1n) is 8.24. The summed E-state index contributed by atoms with van der Waals surface area (Å²) in [5.74, 6) is 1.23. The lowest BCUT2D eigenvalue weighted by atomic mass is 10.1. The fourth-order valence-corrected chi connectivity index (χ4v) is 2.52. The molecule has 1 amide bonds. The van der Waals surface area contributed by atoms with Gasteiger partial charge in [-0.1, -0.05) is 42.5 Å². The van der Waals surface area contributed by atoms with Crippen molar-refractivity contribution in [1.82, 2.24) is 14.9 Å². The van der Waals surface area contributed by atoms with Gasteiger partial charge in [-0.15, -0.1) is 0 Å². The summed E-state index contributed by atoms with van der Waals surface area (Å²) in [6.45, 7) is 0.897. The van der Waals surface area contributed by atoms with Crippen LogP contribution < -0.4 is 10.1 Å². The predicted octanol–water partition coefficient (Wildman–Crippen LogP) is 2.97. The van der Waals surface area contributed by atoms with E-state index < -0.39 is 0 Å². The number of hydrogen-bond acceptors (Lipinski definition) is 3. The van der Waals surface area contributed by atoms with Crippen LogP contribution in [0.15, 0.2) is 67.0 Å². The topological polar surface area (TPSA) is 56.2 Å². The van der Waals surface area contributed by atoms with Crippen molar-refractivity contribution in [3.8, 4) is 5.75 Å². The lowest BCUT2D eigenvalue weighted by Crippen LogP contribution is -2.25. The van der Waals surface area contributed by atoms with Crippen molar-refractivity contribution >= 4 is 5.91 Å². The monoisotopic (exact) mass is 335 g/mol. The van der Waals surface area contributed by atoms with Crippen molar-refractivity contribution in [2.45, 2.75) is 13.0 Å². The molecule has 0 fully saturated rings. The Morgan fingerprint density at radius 3 is 2.64 bits per heavy atom. The van der Waals surface area contributed by atoms with Crippen molar-refractivity contribution in [3.63, 3.8) is 0 Å². The Balaban J connectivity index is 1.59. The number of amides is 1. The van der Waals surface area contributed by atoms with Gasteiger partial charge in [-0.05, 0) is 17.7 Å². The third-order valence-electron chi connectivity index (χ3n) is 3.95. The minimum atomic E-state index is -0.168. The van der Waals surface area contributed by atoms with Crippen molar-refractivity contribution in [2.75, 3.05) is 6.61 Å². The van der Waals surface area contributed by atoms with E-state index in [-0.39, 0.29) is 5.91 Å². The van der Waals surface area contributed by atoms with E-state index in [1.54, 1.807) is 12.3 Å². The van der Waals surface area contributed by atoms with Crippen molar-refractivity contribution < 1.29 is 9.53 Å². The minimum Gasteiger partial charge on any atom is -0.492 e. The van der Waals surface area contributed by atoms with Crippen LogP contribution in [0.1, 0.15) is 21.7 Å². The molecule has 0 saturated carbocycles. The maximum Gasteiger partial charge on any atom is 0.255 e. The average Bonchev–Trinajstić information content (AvgIpc) is 3.06. The number of aryl methyl sites for hydroxylation is 1. The largest absolute Gasteiger partial charge is 0.492 e. The molecule has 25 heavy (non-hydrogen) atoms. The van der Waals surface area contributed by atoms with Crippen molar-refractivity contribution in [2.24, 2.45) is 7.05 Å². The van der Waals surface area contributed by atoms with Crippen LogP contribution >= 0.6 is 0 Å². The van der Waals surface area contributed by atoms with Gasteiger partial charge in [-0.25, -0.2) is 4.98 Å². The van der Waals surface area contributed by atoms with Crippen LogP contribution in [0.4, 0.5) is 0 Å². The molecular formula is C20H21N3O2. The molecule has 128 valence electrons. The van der Waals surface area contributed by atoms with E-state index in [0.717, 1.165) is 12.2 Å². The standard InChI is InChI=1S/C20H21N3O2/c1-23-13-12-21-19(23)15-22-20(24)17-9-5-6-10-18(17)25-14-11-16-7-3-2-4-8-16/h2-10,12-13H,11,14-15H2,1H3,(H,22,24). The summed E-state index contributed by atoms with van der Waals surface area (Å²) < 4.78 is 7.72. The maximum absolute atomic E-state index is 12.5. The number of carbonyl (C=O) groups is 1. The van der Waals surface area contributed by atoms with Gasteiger partial charge < -0.3 is 14.6 Å². The van der Waals surface area contributed by atoms with Crippen LogP contribution in [0.5, 0.6) is 5.75 Å². The Kier molecular flexibility index (Phi) is 5.46. The highest BCUT2D eigenvalue weighted by molar-refractivity contribution is 5.96.